The Morgan fingerprint density at radius 3 is 1.75 bits per heavy atom. The zero-order valence-corrected chi connectivity index (χ0v) is 34.2. The quantitative estimate of drug-likeness (QED) is 0.155. The number of anilines is 3. The summed E-state index contributed by atoms with van der Waals surface area (Å²) in [5.41, 5.74) is 15.3. The summed E-state index contributed by atoms with van der Waals surface area (Å²) in [6, 6.07) is 87.4. The van der Waals surface area contributed by atoms with Crippen molar-refractivity contribution in [2.75, 3.05) is 4.90 Å². The Labute approximate surface area is 360 Å². The topological polar surface area (TPSA) is 3.24 Å². The molecule has 1 aliphatic rings. The van der Waals surface area contributed by atoms with Gasteiger partial charge in [-0.1, -0.05) is 182 Å². The Morgan fingerprint density at radius 1 is 0.328 bits per heavy atom. The highest BCUT2D eigenvalue weighted by Crippen LogP contribution is 2.57. The van der Waals surface area contributed by atoms with Crippen LogP contribution in [0.25, 0.3) is 64.3 Å². The Kier molecular flexibility index (Phi) is 8.33. The minimum atomic E-state index is -0.506. The average molecular weight is 794 g/mol. The number of nitrogens with zero attached hydrogens (tertiary/aromatic N) is 1. The summed E-state index contributed by atoms with van der Waals surface area (Å²) in [6.45, 7) is 0. The maximum Gasteiger partial charge on any atom is 0.0714 e. The number of rotatable bonds is 7. The van der Waals surface area contributed by atoms with E-state index in [1.807, 2.05) is 11.3 Å². The van der Waals surface area contributed by atoms with E-state index in [-0.39, 0.29) is 0 Å². The molecule has 1 aromatic heterocycles. The van der Waals surface area contributed by atoms with Crippen molar-refractivity contribution in [1.82, 2.24) is 0 Å². The highest BCUT2D eigenvalue weighted by molar-refractivity contribution is 7.25. The summed E-state index contributed by atoms with van der Waals surface area (Å²) in [7, 11) is 0. The summed E-state index contributed by atoms with van der Waals surface area (Å²) in [5, 5.41) is 5.12. The van der Waals surface area contributed by atoms with Crippen LogP contribution < -0.4 is 4.90 Å². The number of hydrogen-bond donors (Lipinski definition) is 0. The Balaban J connectivity index is 1.07. The third-order valence-electron chi connectivity index (χ3n) is 12.7. The fraction of sp³-hybridized carbons (Fsp3) is 0.0169. The molecule has 1 heterocycles. The van der Waals surface area contributed by atoms with Gasteiger partial charge >= 0.3 is 0 Å². The smallest absolute Gasteiger partial charge is 0.0714 e. The fourth-order valence-corrected chi connectivity index (χ4v) is 11.2. The zero-order chi connectivity index (χ0) is 40.3. The third kappa shape index (κ3) is 5.68. The zero-order valence-electron chi connectivity index (χ0n) is 33.4. The van der Waals surface area contributed by atoms with Gasteiger partial charge in [0.05, 0.1) is 5.41 Å². The monoisotopic (exact) mass is 793 g/mol. The molecule has 1 nitrogen and oxygen atoms in total. The largest absolute Gasteiger partial charge is 0.310 e. The first-order valence-corrected chi connectivity index (χ1v) is 21.8. The molecule has 0 aliphatic heterocycles. The van der Waals surface area contributed by atoms with Gasteiger partial charge in [0, 0.05) is 37.2 Å². The molecule has 0 bridgehead atoms. The highest BCUT2D eigenvalue weighted by atomic mass is 32.1. The average Bonchev–Trinajstić information content (AvgIpc) is 3.86. The van der Waals surface area contributed by atoms with Crippen molar-refractivity contribution >= 4 is 59.3 Å². The summed E-state index contributed by atoms with van der Waals surface area (Å²) >= 11 is 1.87. The first-order chi connectivity index (χ1) is 30.2. The number of fused-ring (bicyclic) bond motifs is 7. The lowest BCUT2D eigenvalue weighted by atomic mass is 9.67. The molecular weight excluding hydrogens is 755 g/mol. The molecule has 0 fully saturated rings. The van der Waals surface area contributed by atoms with Gasteiger partial charge in [-0.15, -0.1) is 11.3 Å². The van der Waals surface area contributed by atoms with Crippen molar-refractivity contribution in [1.29, 1.82) is 0 Å². The number of hydrogen-bond acceptors (Lipinski definition) is 2. The lowest BCUT2D eigenvalue weighted by Gasteiger charge is -2.35. The fourth-order valence-electron chi connectivity index (χ4n) is 10.0. The van der Waals surface area contributed by atoms with Gasteiger partial charge in [-0.3, -0.25) is 0 Å². The van der Waals surface area contributed by atoms with Crippen molar-refractivity contribution in [3.8, 4) is 33.4 Å². The van der Waals surface area contributed by atoms with Gasteiger partial charge in [-0.2, -0.15) is 0 Å². The number of benzene rings is 10. The van der Waals surface area contributed by atoms with Crippen molar-refractivity contribution in [2.24, 2.45) is 0 Å². The molecular formula is C59H39NS. The summed E-state index contributed by atoms with van der Waals surface area (Å²) < 4.78 is 2.62. The standard InChI is InChI=1S/C59H39NS/c1-3-18-45(19-4-1)59(46-20-5-2-6-21-46)54-26-11-9-23-51(54)52-36-35-49(39-55(52)59)60(47-33-31-41(32-34-47)43-30-29-40-15-7-8-16-42(40)37-43)48-22-13-17-44(38-48)50-25-14-28-57-58(50)53-24-10-12-27-56(53)61-57/h1-39H. The predicted octanol–water partition coefficient (Wildman–Crippen LogP) is 16.4. The molecule has 286 valence electrons. The van der Waals surface area contributed by atoms with E-state index in [0.717, 1.165) is 17.1 Å². The van der Waals surface area contributed by atoms with Gasteiger partial charge in [0.15, 0.2) is 0 Å². The summed E-state index contributed by atoms with van der Waals surface area (Å²) in [4.78, 5) is 2.45. The van der Waals surface area contributed by atoms with Crippen LogP contribution in [0.5, 0.6) is 0 Å². The van der Waals surface area contributed by atoms with Crippen LogP contribution in [0.2, 0.25) is 0 Å². The van der Waals surface area contributed by atoms with Crippen LogP contribution in [0.4, 0.5) is 17.1 Å². The molecule has 10 aromatic carbocycles. The molecule has 0 amide bonds. The molecule has 2 heteroatoms. The Hall–Kier alpha value is -7.52. The SMILES string of the molecule is c1ccc(C2(c3ccccc3)c3ccccc3-c3ccc(N(c4ccc(-c5ccc6ccccc6c5)cc4)c4cccc(-c5cccc6sc7ccccc7c56)c4)cc32)cc1. The summed E-state index contributed by atoms with van der Waals surface area (Å²) in [6.07, 6.45) is 0. The summed E-state index contributed by atoms with van der Waals surface area (Å²) in [5.74, 6) is 0. The van der Waals surface area contributed by atoms with Gasteiger partial charge in [0.25, 0.3) is 0 Å². The molecule has 1 aliphatic carbocycles. The minimum Gasteiger partial charge on any atom is -0.310 e. The van der Waals surface area contributed by atoms with Gasteiger partial charge in [-0.05, 0) is 121 Å². The van der Waals surface area contributed by atoms with E-state index in [1.54, 1.807) is 0 Å². The van der Waals surface area contributed by atoms with Crippen molar-refractivity contribution in [3.63, 3.8) is 0 Å². The van der Waals surface area contributed by atoms with Crippen LogP contribution in [0.1, 0.15) is 22.3 Å². The second kappa shape index (κ2) is 14.3. The van der Waals surface area contributed by atoms with Crippen molar-refractivity contribution < 1.29 is 0 Å². The molecule has 0 atom stereocenters. The van der Waals surface area contributed by atoms with Gasteiger partial charge < -0.3 is 4.90 Å². The molecule has 0 radical (unpaired) electrons. The van der Waals surface area contributed by atoms with E-state index in [1.165, 1.54) is 86.6 Å². The van der Waals surface area contributed by atoms with Crippen LogP contribution >= 0.6 is 11.3 Å². The Morgan fingerprint density at radius 2 is 0.934 bits per heavy atom. The maximum atomic E-state index is 2.46. The first-order valence-electron chi connectivity index (χ1n) is 21.0. The molecule has 0 unspecified atom stereocenters. The predicted molar refractivity (Wildman–Crippen MR) is 260 cm³/mol. The first kappa shape index (κ1) is 35.4. The van der Waals surface area contributed by atoms with Gasteiger partial charge in [-0.25, -0.2) is 0 Å². The molecule has 11 aromatic rings. The second-order valence-corrected chi connectivity index (χ2v) is 17.1. The van der Waals surface area contributed by atoms with Gasteiger partial charge in [0.1, 0.15) is 0 Å². The maximum absolute atomic E-state index is 2.46. The highest BCUT2D eigenvalue weighted by Gasteiger charge is 2.46. The normalized spacial score (nSPS) is 12.7. The molecule has 12 rings (SSSR count). The van der Waals surface area contributed by atoms with E-state index in [9.17, 15) is 0 Å². The molecule has 61 heavy (non-hydrogen) atoms. The van der Waals surface area contributed by atoms with Crippen molar-refractivity contribution in [3.05, 3.63) is 259 Å². The third-order valence-corrected chi connectivity index (χ3v) is 13.9. The number of thiophene rings is 1. The van der Waals surface area contributed by atoms with E-state index < -0.39 is 5.41 Å². The molecule has 0 saturated heterocycles. The van der Waals surface area contributed by atoms with Crippen LogP contribution in [0.15, 0.2) is 237 Å². The molecule has 0 spiro atoms. The van der Waals surface area contributed by atoms with E-state index in [2.05, 4.69) is 241 Å². The lowest BCUT2D eigenvalue weighted by Crippen LogP contribution is -2.28. The minimum absolute atomic E-state index is 0.506. The van der Waals surface area contributed by atoms with Crippen LogP contribution in [0.3, 0.4) is 0 Å². The van der Waals surface area contributed by atoms with E-state index >= 15 is 0 Å². The lowest BCUT2D eigenvalue weighted by molar-refractivity contribution is 0.768. The van der Waals surface area contributed by atoms with Crippen LogP contribution in [-0.4, -0.2) is 0 Å². The van der Waals surface area contributed by atoms with Crippen LogP contribution in [-0.2, 0) is 5.41 Å². The molecule has 0 saturated carbocycles. The van der Waals surface area contributed by atoms with Crippen LogP contribution in [0, 0.1) is 0 Å². The van der Waals surface area contributed by atoms with Crippen molar-refractivity contribution in [2.45, 2.75) is 5.41 Å². The molecule has 0 N–H and O–H groups in total. The van der Waals surface area contributed by atoms with Gasteiger partial charge in [0.2, 0.25) is 0 Å². The second-order valence-electron chi connectivity index (χ2n) is 16.0. The van der Waals surface area contributed by atoms with E-state index in [0.29, 0.717) is 0 Å². The van der Waals surface area contributed by atoms with E-state index in [4.69, 9.17) is 0 Å². The Bertz CT molecular complexity index is 3380.